The number of hydrogen-bond donors (Lipinski definition) is 1. The minimum absolute atomic E-state index is 0.399. The molecule has 0 saturated carbocycles. The molecule has 6 heteroatoms. The Kier molecular flexibility index (Phi) is 5.81. The second-order valence-electron chi connectivity index (χ2n) is 5.16. The Hall–Kier alpha value is -1.59. The Morgan fingerprint density at radius 2 is 1.61 bits per heavy atom. The largest absolute Gasteiger partial charge is 0.467 e. The summed E-state index contributed by atoms with van der Waals surface area (Å²) >= 11 is 0. The second-order valence-corrected chi connectivity index (χ2v) is 5.16. The van der Waals surface area contributed by atoms with Crippen LogP contribution >= 0.6 is 0 Å². The number of carbonyl (C=O) groups excluding carboxylic acids is 3. The summed E-state index contributed by atoms with van der Waals surface area (Å²) in [5.41, 5.74) is -0.703. The minimum atomic E-state index is -1.33. The molecule has 0 aromatic heterocycles. The average molecular weight is 259 g/mol. The van der Waals surface area contributed by atoms with Crippen LogP contribution in [0.3, 0.4) is 0 Å². The molecule has 0 radical (unpaired) electrons. The Morgan fingerprint density at radius 1 is 1.11 bits per heavy atom. The van der Waals surface area contributed by atoms with Crippen LogP contribution in [0.2, 0.25) is 0 Å². The third kappa shape index (κ3) is 5.65. The van der Waals surface area contributed by atoms with Crippen LogP contribution in [-0.4, -0.2) is 36.6 Å². The van der Waals surface area contributed by atoms with Gasteiger partial charge in [0.25, 0.3) is 0 Å². The predicted octanol–water partition coefficient (Wildman–Crippen LogP) is 1.28. The van der Waals surface area contributed by atoms with Gasteiger partial charge in [-0.15, -0.1) is 0 Å². The van der Waals surface area contributed by atoms with Gasteiger partial charge in [-0.1, -0.05) is 13.8 Å². The molecule has 0 fully saturated rings. The number of nitrogens with one attached hydrogen (secondary N) is 1. The van der Waals surface area contributed by atoms with Crippen molar-refractivity contribution in [3.8, 4) is 0 Å². The number of alkyl carbamates (subject to hydrolysis) is 1. The van der Waals surface area contributed by atoms with Crippen LogP contribution in [0.4, 0.5) is 4.79 Å². The van der Waals surface area contributed by atoms with Crippen molar-refractivity contribution in [2.24, 2.45) is 5.92 Å². The quantitative estimate of drug-likeness (QED) is 0.607. The molecule has 6 nitrogen and oxygen atoms in total. The highest BCUT2D eigenvalue weighted by Crippen LogP contribution is 2.08. The van der Waals surface area contributed by atoms with Crippen LogP contribution in [-0.2, 0) is 19.1 Å². The second kappa shape index (κ2) is 6.37. The Labute approximate surface area is 107 Å². The van der Waals surface area contributed by atoms with Gasteiger partial charge >= 0.3 is 12.1 Å². The zero-order valence-electron chi connectivity index (χ0n) is 11.7. The van der Waals surface area contributed by atoms with Gasteiger partial charge in [0.1, 0.15) is 5.60 Å². The predicted molar refractivity (Wildman–Crippen MR) is 65.0 cm³/mol. The molecule has 18 heavy (non-hydrogen) atoms. The zero-order valence-corrected chi connectivity index (χ0v) is 11.7. The fourth-order valence-electron chi connectivity index (χ4n) is 1.12. The summed E-state index contributed by atoms with van der Waals surface area (Å²) in [6.45, 7) is 8.32. The van der Waals surface area contributed by atoms with Crippen LogP contribution in [0.15, 0.2) is 0 Å². The summed E-state index contributed by atoms with van der Waals surface area (Å²) in [7, 11) is 1.15. The van der Waals surface area contributed by atoms with E-state index in [1.54, 1.807) is 34.6 Å². The van der Waals surface area contributed by atoms with Gasteiger partial charge in [-0.2, -0.15) is 0 Å². The first-order valence-electron chi connectivity index (χ1n) is 5.69. The van der Waals surface area contributed by atoms with E-state index in [0.29, 0.717) is 0 Å². The van der Waals surface area contributed by atoms with Gasteiger partial charge in [0, 0.05) is 5.92 Å². The summed E-state index contributed by atoms with van der Waals surface area (Å²) in [4.78, 5) is 34.7. The van der Waals surface area contributed by atoms with Gasteiger partial charge in [-0.3, -0.25) is 4.79 Å². The van der Waals surface area contributed by atoms with E-state index in [0.717, 1.165) is 7.11 Å². The number of ether oxygens (including phenoxy) is 2. The van der Waals surface area contributed by atoms with E-state index >= 15 is 0 Å². The maximum Gasteiger partial charge on any atom is 0.408 e. The molecule has 0 aromatic carbocycles. The fourth-order valence-corrected chi connectivity index (χ4v) is 1.12. The molecule has 0 aromatic rings. The van der Waals surface area contributed by atoms with E-state index in [-0.39, 0.29) is 0 Å². The van der Waals surface area contributed by atoms with Crippen molar-refractivity contribution in [2.45, 2.75) is 46.3 Å². The Balaban J connectivity index is 4.76. The third-order valence-corrected chi connectivity index (χ3v) is 1.95. The van der Waals surface area contributed by atoms with E-state index in [9.17, 15) is 14.4 Å². The lowest BCUT2D eigenvalue weighted by Gasteiger charge is -2.22. The Bertz CT molecular complexity index is 330. The summed E-state index contributed by atoms with van der Waals surface area (Å²) < 4.78 is 9.47. The van der Waals surface area contributed by atoms with Gasteiger partial charge < -0.3 is 14.8 Å². The van der Waals surface area contributed by atoms with E-state index < -0.39 is 35.4 Å². The van der Waals surface area contributed by atoms with Gasteiger partial charge in [0.05, 0.1) is 7.11 Å². The lowest BCUT2D eigenvalue weighted by atomic mass is 10.0. The van der Waals surface area contributed by atoms with Gasteiger partial charge in [0.2, 0.25) is 0 Å². The first-order chi connectivity index (χ1) is 8.08. The molecule has 1 atom stereocenters. The van der Waals surface area contributed by atoms with Crippen LogP contribution in [0, 0.1) is 5.92 Å². The van der Waals surface area contributed by atoms with Crippen LogP contribution in [0.25, 0.3) is 0 Å². The standard InChI is InChI=1S/C12H21NO5/c1-7(2)9(14)8(10(15)17-6)13-11(16)18-12(3,4)5/h7-8H,1-6H3,(H,13,16). The molecule has 0 aliphatic heterocycles. The zero-order chi connectivity index (χ0) is 14.5. The number of esters is 1. The van der Waals surface area contributed by atoms with Crippen molar-refractivity contribution in [2.75, 3.05) is 7.11 Å². The van der Waals surface area contributed by atoms with Crippen molar-refractivity contribution in [1.82, 2.24) is 5.32 Å². The summed E-state index contributed by atoms with van der Waals surface area (Å²) in [5, 5.41) is 2.22. The minimum Gasteiger partial charge on any atom is -0.467 e. The number of ketones is 1. The van der Waals surface area contributed by atoms with Crippen LogP contribution in [0.5, 0.6) is 0 Å². The lowest BCUT2D eigenvalue weighted by molar-refractivity contribution is -0.147. The molecule has 1 N–H and O–H groups in total. The molecule has 0 rings (SSSR count). The number of amides is 1. The van der Waals surface area contributed by atoms with Gasteiger partial charge in [-0.05, 0) is 20.8 Å². The summed E-state index contributed by atoms with van der Waals surface area (Å²) in [6, 6.07) is -1.33. The molecule has 0 spiro atoms. The first-order valence-corrected chi connectivity index (χ1v) is 5.69. The van der Waals surface area contributed by atoms with Crippen molar-refractivity contribution in [1.29, 1.82) is 0 Å². The molecule has 104 valence electrons. The maximum atomic E-state index is 11.8. The van der Waals surface area contributed by atoms with E-state index in [4.69, 9.17) is 4.74 Å². The van der Waals surface area contributed by atoms with E-state index in [2.05, 4.69) is 10.1 Å². The highest BCUT2D eigenvalue weighted by atomic mass is 16.6. The highest BCUT2D eigenvalue weighted by molar-refractivity contribution is 6.05. The van der Waals surface area contributed by atoms with Crippen molar-refractivity contribution >= 4 is 17.8 Å². The molecule has 0 heterocycles. The number of rotatable bonds is 4. The highest BCUT2D eigenvalue weighted by Gasteiger charge is 2.32. The van der Waals surface area contributed by atoms with E-state index in [1.807, 2.05) is 0 Å². The SMILES string of the molecule is COC(=O)C(NC(=O)OC(C)(C)C)C(=O)C(C)C. The Morgan fingerprint density at radius 3 is 1.94 bits per heavy atom. The van der Waals surface area contributed by atoms with Gasteiger partial charge in [0.15, 0.2) is 11.8 Å². The molecule has 0 saturated heterocycles. The average Bonchev–Trinajstić information content (AvgIpc) is 2.21. The van der Waals surface area contributed by atoms with Gasteiger partial charge in [-0.25, -0.2) is 9.59 Å². The number of carbonyl (C=O) groups is 3. The van der Waals surface area contributed by atoms with Crippen LogP contribution < -0.4 is 5.32 Å². The monoisotopic (exact) mass is 259 g/mol. The normalized spacial score (nSPS) is 12.8. The molecular formula is C12H21NO5. The molecule has 1 amide bonds. The fraction of sp³-hybridized carbons (Fsp3) is 0.750. The topological polar surface area (TPSA) is 81.7 Å². The van der Waals surface area contributed by atoms with Crippen LogP contribution in [0.1, 0.15) is 34.6 Å². The molecule has 1 unspecified atom stereocenters. The first kappa shape index (κ1) is 16.4. The summed E-state index contributed by atoms with van der Waals surface area (Å²) in [6.07, 6.45) is -0.827. The smallest absolute Gasteiger partial charge is 0.408 e. The molecular weight excluding hydrogens is 238 g/mol. The number of methoxy groups -OCH3 is 1. The van der Waals surface area contributed by atoms with Crippen molar-refractivity contribution < 1.29 is 23.9 Å². The third-order valence-electron chi connectivity index (χ3n) is 1.95. The number of Topliss-reactive ketones (excluding diaryl/α,β-unsaturated/α-hetero) is 1. The van der Waals surface area contributed by atoms with E-state index in [1.165, 1.54) is 0 Å². The number of hydrogen-bond acceptors (Lipinski definition) is 5. The maximum absolute atomic E-state index is 11.8. The molecule has 0 aliphatic carbocycles. The summed E-state index contributed by atoms with van der Waals surface area (Å²) in [5.74, 6) is -1.63. The van der Waals surface area contributed by atoms with Crippen molar-refractivity contribution in [3.05, 3.63) is 0 Å². The lowest BCUT2D eigenvalue weighted by Crippen LogP contribution is -2.50. The molecule has 0 bridgehead atoms. The van der Waals surface area contributed by atoms with Crippen molar-refractivity contribution in [3.63, 3.8) is 0 Å². The molecule has 0 aliphatic rings.